The van der Waals surface area contributed by atoms with E-state index in [2.05, 4.69) is 18.5 Å². The average molecular weight is 268 g/mol. The van der Waals surface area contributed by atoms with E-state index in [9.17, 15) is 14.4 Å². The van der Waals surface area contributed by atoms with Gasteiger partial charge in [-0.05, 0) is 11.6 Å². The van der Waals surface area contributed by atoms with Gasteiger partial charge < -0.3 is 15.3 Å². The summed E-state index contributed by atoms with van der Waals surface area (Å²) in [5.74, 6) is -1.46. The normalized spacial score (nSPS) is 30.2. The lowest BCUT2D eigenvalue weighted by atomic mass is 9.98. The number of aliphatic carboxylic acids is 1. The van der Waals surface area contributed by atoms with Crippen LogP contribution in [0.2, 0.25) is 0 Å². The Labute approximate surface area is 108 Å². The molecule has 96 valence electrons. The van der Waals surface area contributed by atoms with Gasteiger partial charge in [-0.2, -0.15) is 0 Å². The van der Waals surface area contributed by atoms with Crippen molar-refractivity contribution in [2.45, 2.75) is 17.5 Å². The Morgan fingerprint density at radius 2 is 2.22 bits per heavy atom. The topological polar surface area (TPSA) is 86.7 Å². The third-order valence-electron chi connectivity index (χ3n) is 2.90. The zero-order valence-corrected chi connectivity index (χ0v) is 10.3. The number of carboxylic acid groups (broad SMARTS) is 1. The fourth-order valence-electron chi connectivity index (χ4n) is 2.04. The minimum Gasteiger partial charge on any atom is -0.479 e. The number of rotatable bonds is 3. The van der Waals surface area contributed by atoms with Crippen molar-refractivity contribution in [1.29, 1.82) is 0 Å². The van der Waals surface area contributed by atoms with E-state index in [-0.39, 0.29) is 5.37 Å². The summed E-state index contributed by atoms with van der Waals surface area (Å²) in [6.07, 6.45) is 1.08. The van der Waals surface area contributed by atoms with Crippen molar-refractivity contribution in [3.63, 3.8) is 0 Å². The number of carbonyl (C=O) groups is 3. The molecule has 0 radical (unpaired) electrons. The first kappa shape index (κ1) is 12.7. The number of nitrogens with one attached hydrogen (secondary N) is 1. The van der Waals surface area contributed by atoms with Gasteiger partial charge in [-0.1, -0.05) is 13.2 Å². The van der Waals surface area contributed by atoms with Gasteiger partial charge >= 0.3 is 5.97 Å². The first-order chi connectivity index (χ1) is 8.47. The maximum Gasteiger partial charge on any atom is 0.330 e. The average Bonchev–Trinajstić information content (AvgIpc) is 2.34. The molecule has 0 aliphatic carbocycles. The molecular weight excluding hydrogens is 256 g/mol. The second kappa shape index (κ2) is 4.49. The molecule has 2 N–H and O–H groups in total. The van der Waals surface area contributed by atoms with Crippen molar-refractivity contribution in [3.8, 4) is 0 Å². The molecule has 2 rings (SSSR count). The zero-order valence-electron chi connectivity index (χ0n) is 9.46. The molecule has 0 aromatic rings. The molecule has 0 spiro atoms. The summed E-state index contributed by atoms with van der Waals surface area (Å²) in [4.78, 5) is 35.4. The number of hydrogen-bond acceptors (Lipinski definition) is 4. The summed E-state index contributed by atoms with van der Waals surface area (Å²) in [6, 6.07) is -1.66. The van der Waals surface area contributed by atoms with Gasteiger partial charge in [0, 0.05) is 5.75 Å². The number of carboxylic acids is 1. The summed E-state index contributed by atoms with van der Waals surface area (Å²) in [5.41, 5.74) is 0.491. The highest BCUT2D eigenvalue weighted by molar-refractivity contribution is 8.00. The predicted octanol–water partition coefficient (Wildman–Crippen LogP) is -0.418. The molecule has 2 fully saturated rings. The molecule has 2 aliphatic heterocycles. The number of fused-ring (bicyclic) bond motifs is 1. The van der Waals surface area contributed by atoms with Crippen LogP contribution in [-0.2, 0) is 14.4 Å². The number of thioether (sulfide) groups is 1. The number of amides is 2. The Morgan fingerprint density at radius 3 is 2.78 bits per heavy atom. The first-order valence-corrected chi connectivity index (χ1v) is 6.29. The highest BCUT2D eigenvalue weighted by Crippen LogP contribution is 2.39. The van der Waals surface area contributed by atoms with Crippen LogP contribution in [-0.4, -0.2) is 51.0 Å². The van der Waals surface area contributed by atoms with Gasteiger partial charge in [-0.25, -0.2) is 4.79 Å². The van der Waals surface area contributed by atoms with Crippen molar-refractivity contribution in [3.05, 3.63) is 24.8 Å². The van der Waals surface area contributed by atoms with E-state index in [0.29, 0.717) is 11.3 Å². The van der Waals surface area contributed by atoms with E-state index in [0.717, 1.165) is 6.08 Å². The predicted molar refractivity (Wildman–Crippen MR) is 65.8 cm³/mol. The second-order valence-corrected chi connectivity index (χ2v) is 5.14. The summed E-state index contributed by atoms with van der Waals surface area (Å²) < 4.78 is 0. The number of carbonyl (C=O) groups excluding carboxylic acids is 2. The van der Waals surface area contributed by atoms with Gasteiger partial charge in [0.05, 0.1) is 0 Å². The summed E-state index contributed by atoms with van der Waals surface area (Å²) in [5, 5.41) is 11.3. The maximum absolute atomic E-state index is 11.9. The van der Waals surface area contributed by atoms with E-state index >= 15 is 0 Å². The molecule has 2 saturated heterocycles. The highest BCUT2D eigenvalue weighted by atomic mass is 32.2. The largest absolute Gasteiger partial charge is 0.479 e. The Kier molecular flexibility index (Phi) is 3.16. The Morgan fingerprint density at radius 1 is 1.56 bits per heavy atom. The van der Waals surface area contributed by atoms with Crippen LogP contribution in [0.5, 0.6) is 0 Å². The van der Waals surface area contributed by atoms with Crippen LogP contribution < -0.4 is 5.32 Å². The van der Waals surface area contributed by atoms with E-state index < -0.39 is 29.9 Å². The van der Waals surface area contributed by atoms with Gasteiger partial charge in [0.2, 0.25) is 11.8 Å². The fourth-order valence-corrected chi connectivity index (χ4v) is 3.35. The van der Waals surface area contributed by atoms with Gasteiger partial charge in [0.1, 0.15) is 11.4 Å². The molecule has 0 saturated carbocycles. The number of β-lactam (4-membered cyclic amide) rings is 1. The van der Waals surface area contributed by atoms with Crippen molar-refractivity contribution in [1.82, 2.24) is 10.2 Å². The molecule has 2 aliphatic rings. The smallest absolute Gasteiger partial charge is 0.330 e. The molecule has 0 aromatic heterocycles. The highest BCUT2D eigenvalue weighted by Gasteiger charge is 2.55. The second-order valence-electron chi connectivity index (χ2n) is 4.04. The fraction of sp³-hybridized carbons (Fsp3) is 0.364. The van der Waals surface area contributed by atoms with Gasteiger partial charge in [0.15, 0.2) is 6.04 Å². The van der Waals surface area contributed by atoms with Crippen LogP contribution in [0.25, 0.3) is 0 Å². The molecule has 18 heavy (non-hydrogen) atoms. The van der Waals surface area contributed by atoms with E-state index in [4.69, 9.17) is 5.11 Å². The monoisotopic (exact) mass is 268 g/mol. The van der Waals surface area contributed by atoms with Crippen LogP contribution >= 0.6 is 11.8 Å². The molecule has 2 amide bonds. The molecule has 7 heteroatoms. The van der Waals surface area contributed by atoms with Crippen LogP contribution in [0, 0.1) is 0 Å². The number of hydrogen-bond donors (Lipinski definition) is 2. The lowest BCUT2D eigenvalue weighted by Crippen LogP contribution is -2.74. The SMILES string of the molecule is C=CC(=O)NC1C(=O)N2C(C(=O)O)C(=C)CS[C@@H]12. The molecule has 6 nitrogen and oxygen atoms in total. The third kappa shape index (κ3) is 1.80. The van der Waals surface area contributed by atoms with Gasteiger partial charge in [0.25, 0.3) is 0 Å². The van der Waals surface area contributed by atoms with Crippen molar-refractivity contribution in [2.24, 2.45) is 0 Å². The molecule has 2 unspecified atom stereocenters. The van der Waals surface area contributed by atoms with E-state index in [1.54, 1.807) is 0 Å². The quantitative estimate of drug-likeness (QED) is 0.412. The summed E-state index contributed by atoms with van der Waals surface area (Å²) in [6.45, 7) is 6.98. The Bertz CT molecular complexity index is 462. The lowest BCUT2D eigenvalue weighted by molar-refractivity contribution is -0.160. The third-order valence-corrected chi connectivity index (χ3v) is 4.28. The van der Waals surface area contributed by atoms with Crippen LogP contribution in [0.3, 0.4) is 0 Å². The van der Waals surface area contributed by atoms with Crippen LogP contribution in [0.1, 0.15) is 0 Å². The standard InChI is InChI=1S/C11H12N2O4S/c1-3-6(14)12-7-9(15)13-8(11(16)17)5(2)4-18-10(7)13/h3,7-8,10H,1-2,4H2,(H,12,14)(H,16,17)/t7?,8?,10-/m0/s1. The Balaban J connectivity index is 2.15. The van der Waals surface area contributed by atoms with Gasteiger partial charge in [-0.15, -0.1) is 11.8 Å². The van der Waals surface area contributed by atoms with E-state index in [1.165, 1.54) is 16.7 Å². The number of nitrogens with zero attached hydrogens (tertiary/aromatic N) is 1. The first-order valence-electron chi connectivity index (χ1n) is 5.24. The van der Waals surface area contributed by atoms with Crippen molar-refractivity contribution in [2.75, 3.05) is 5.75 Å². The van der Waals surface area contributed by atoms with Crippen molar-refractivity contribution < 1.29 is 19.5 Å². The minimum atomic E-state index is -1.09. The molecule has 3 atom stereocenters. The molecule has 2 heterocycles. The summed E-state index contributed by atoms with van der Waals surface area (Å²) in [7, 11) is 0. The molecule has 0 aromatic carbocycles. The Hall–Kier alpha value is -1.76. The molecular formula is C11H12N2O4S. The molecule has 0 bridgehead atoms. The van der Waals surface area contributed by atoms with Gasteiger partial charge in [-0.3, -0.25) is 9.59 Å². The summed E-state index contributed by atoms with van der Waals surface area (Å²) >= 11 is 1.40. The van der Waals surface area contributed by atoms with E-state index in [1.807, 2.05) is 0 Å². The van der Waals surface area contributed by atoms with Crippen LogP contribution in [0.15, 0.2) is 24.8 Å². The zero-order chi connectivity index (χ0) is 13.4. The lowest BCUT2D eigenvalue weighted by Gasteiger charge is -2.52. The minimum absolute atomic E-state index is 0.340. The van der Waals surface area contributed by atoms with Crippen molar-refractivity contribution >= 4 is 29.5 Å². The van der Waals surface area contributed by atoms with Crippen LogP contribution in [0.4, 0.5) is 0 Å². The maximum atomic E-state index is 11.9.